The fourth-order valence-corrected chi connectivity index (χ4v) is 3.24. The highest BCUT2D eigenvalue weighted by Gasteiger charge is 2.15. The van der Waals surface area contributed by atoms with Gasteiger partial charge in [-0.1, -0.05) is 24.6 Å². The molecule has 1 atom stereocenters. The van der Waals surface area contributed by atoms with E-state index in [1.807, 2.05) is 36.7 Å². The topological polar surface area (TPSA) is 55.9 Å². The summed E-state index contributed by atoms with van der Waals surface area (Å²) < 4.78 is 2.14. The summed E-state index contributed by atoms with van der Waals surface area (Å²) in [6.07, 6.45) is 4.88. The Morgan fingerprint density at radius 1 is 1.50 bits per heavy atom. The maximum Gasteiger partial charge on any atom is 0.128 e. The summed E-state index contributed by atoms with van der Waals surface area (Å²) in [7, 11) is 0. The Morgan fingerprint density at radius 3 is 3.05 bits per heavy atom. The number of hydrogen-bond donors (Lipinski definition) is 2. The summed E-state index contributed by atoms with van der Waals surface area (Å²) in [5.74, 6) is 7.46. The van der Waals surface area contributed by atoms with Crippen LogP contribution in [0.1, 0.15) is 25.2 Å². The van der Waals surface area contributed by atoms with Crippen molar-refractivity contribution in [1.29, 1.82) is 0 Å². The third kappa shape index (κ3) is 3.99. The third-order valence-electron chi connectivity index (χ3n) is 2.94. The van der Waals surface area contributed by atoms with E-state index in [0.29, 0.717) is 0 Å². The lowest BCUT2D eigenvalue weighted by Crippen LogP contribution is -2.32. The number of hydrazine groups is 1. The molecule has 0 radical (unpaired) electrons. The number of rotatable bonds is 7. The molecule has 0 aliphatic rings. The predicted octanol–water partition coefficient (Wildman–Crippen LogP) is 3.24. The van der Waals surface area contributed by atoms with Gasteiger partial charge in [-0.05, 0) is 24.6 Å². The minimum atomic E-state index is 0.0144. The smallest absolute Gasteiger partial charge is 0.128 e. The predicted molar refractivity (Wildman–Crippen MR) is 84.8 cm³/mol. The number of thioether (sulfide) groups is 1. The zero-order chi connectivity index (χ0) is 14.4. The normalized spacial score (nSPS) is 12.6. The Hall–Kier alpha value is -1.01. The van der Waals surface area contributed by atoms with E-state index in [0.717, 1.165) is 34.5 Å². The van der Waals surface area contributed by atoms with Gasteiger partial charge in [-0.3, -0.25) is 5.84 Å². The first-order valence-corrected chi connectivity index (χ1v) is 7.96. The van der Waals surface area contributed by atoms with Crippen molar-refractivity contribution in [3.63, 3.8) is 0 Å². The Bertz CT molecular complexity index is 543. The first-order valence-electron chi connectivity index (χ1n) is 6.60. The van der Waals surface area contributed by atoms with E-state index in [4.69, 9.17) is 17.4 Å². The number of halogens is 1. The second kappa shape index (κ2) is 7.69. The van der Waals surface area contributed by atoms with Gasteiger partial charge in [0, 0.05) is 34.6 Å². The molecule has 0 saturated heterocycles. The average molecular weight is 311 g/mol. The van der Waals surface area contributed by atoms with Crippen molar-refractivity contribution in [2.45, 2.75) is 30.8 Å². The number of nitrogens with zero attached hydrogens (tertiary/aromatic N) is 2. The maximum absolute atomic E-state index is 5.99. The molecular weight excluding hydrogens is 292 g/mol. The number of imidazole rings is 1. The summed E-state index contributed by atoms with van der Waals surface area (Å²) in [4.78, 5) is 5.55. The number of aryl methyl sites for hydroxylation is 1. The van der Waals surface area contributed by atoms with Gasteiger partial charge in [0.2, 0.25) is 0 Å². The highest BCUT2D eigenvalue weighted by molar-refractivity contribution is 7.99. The number of benzene rings is 1. The summed E-state index contributed by atoms with van der Waals surface area (Å²) in [6, 6.07) is 7.84. The highest BCUT2D eigenvalue weighted by Crippen LogP contribution is 2.25. The van der Waals surface area contributed by atoms with Crippen molar-refractivity contribution in [2.24, 2.45) is 5.84 Å². The van der Waals surface area contributed by atoms with Crippen LogP contribution in [0.25, 0.3) is 0 Å². The van der Waals surface area contributed by atoms with E-state index in [-0.39, 0.29) is 6.04 Å². The molecule has 1 aromatic carbocycles. The van der Waals surface area contributed by atoms with E-state index in [9.17, 15) is 0 Å². The van der Waals surface area contributed by atoms with Crippen LogP contribution in [-0.2, 0) is 6.54 Å². The molecule has 0 fully saturated rings. The van der Waals surface area contributed by atoms with E-state index < -0.39 is 0 Å². The van der Waals surface area contributed by atoms with Crippen LogP contribution in [0.2, 0.25) is 5.02 Å². The number of aromatic nitrogens is 2. The van der Waals surface area contributed by atoms with Crippen molar-refractivity contribution < 1.29 is 0 Å². The molecule has 4 nitrogen and oxygen atoms in total. The van der Waals surface area contributed by atoms with Crippen LogP contribution in [0, 0.1) is 0 Å². The highest BCUT2D eigenvalue weighted by atomic mass is 35.5. The third-order valence-corrected chi connectivity index (χ3v) is 4.26. The minimum absolute atomic E-state index is 0.0144. The first-order chi connectivity index (χ1) is 9.74. The van der Waals surface area contributed by atoms with Gasteiger partial charge in [0.05, 0.1) is 6.04 Å². The molecule has 2 rings (SSSR count). The first kappa shape index (κ1) is 15.4. The molecular formula is C14H19ClN4S. The van der Waals surface area contributed by atoms with Gasteiger partial charge in [0.25, 0.3) is 0 Å². The fraction of sp³-hybridized carbons (Fsp3) is 0.357. The second-order valence-electron chi connectivity index (χ2n) is 4.47. The molecule has 0 amide bonds. The van der Waals surface area contributed by atoms with Gasteiger partial charge < -0.3 is 4.57 Å². The Labute approximate surface area is 128 Å². The quantitative estimate of drug-likeness (QED) is 0.468. The Morgan fingerprint density at radius 2 is 2.35 bits per heavy atom. The van der Waals surface area contributed by atoms with Crippen LogP contribution < -0.4 is 11.3 Å². The lowest BCUT2D eigenvalue weighted by molar-refractivity contribution is 0.528. The molecule has 3 N–H and O–H groups in total. The summed E-state index contributed by atoms with van der Waals surface area (Å²) in [5, 5.41) is 0.750. The second-order valence-corrected chi connectivity index (χ2v) is 6.00. The zero-order valence-electron chi connectivity index (χ0n) is 11.4. The van der Waals surface area contributed by atoms with Gasteiger partial charge in [-0.15, -0.1) is 11.8 Å². The molecule has 1 aromatic heterocycles. The average Bonchev–Trinajstić information content (AvgIpc) is 2.89. The molecule has 2 aromatic rings. The molecule has 0 bridgehead atoms. The standard InChI is InChI=1S/C14H19ClN4S/c1-2-7-19-8-6-17-14(19)13(18-16)10-20-12-5-3-4-11(15)9-12/h3-6,8-9,13,18H,2,7,10,16H2,1H3. The molecule has 6 heteroatoms. The Kier molecular flexibility index (Phi) is 5.91. The monoisotopic (exact) mass is 310 g/mol. The van der Waals surface area contributed by atoms with Crippen molar-refractivity contribution >= 4 is 23.4 Å². The van der Waals surface area contributed by atoms with Gasteiger partial charge in [-0.2, -0.15) is 0 Å². The van der Waals surface area contributed by atoms with Crippen LogP contribution >= 0.6 is 23.4 Å². The molecule has 0 aliphatic carbocycles. The fourth-order valence-electron chi connectivity index (χ4n) is 1.99. The van der Waals surface area contributed by atoms with Crippen LogP contribution in [0.3, 0.4) is 0 Å². The minimum Gasteiger partial charge on any atom is -0.334 e. The zero-order valence-corrected chi connectivity index (χ0v) is 13.0. The SMILES string of the molecule is CCCn1ccnc1C(CSc1cccc(Cl)c1)NN. The summed E-state index contributed by atoms with van der Waals surface area (Å²) in [5.41, 5.74) is 2.85. The van der Waals surface area contributed by atoms with Gasteiger partial charge in [-0.25, -0.2) is 10.4 Å². The molecule has 0 aliphatic heterocycles. The van der Waals surface area contributed by atoms with E-state index in [1.54, 1.807) is 11.8 Å². The van der Waals surface area contributed by atoms with Gasteiger partial charge >= 0.3 is 0 Å². The van der Waals surface area contributed by atoms with Crippen LogP contribution in [-0.4, -0.2) is 15.3 Å². The summed E-state index contributed by atoms with van der Waals surface area (Å²) >= 11 is 7.70. The van der Waals surface area contributed by atoms with Gasteiger partial charge in [0.15, 0.2) is 0 Å². The van der Waals surface area contributed by atoms with Crippen molar-refractivity contribution in [3.8, 4) is 0 Å². The number of nitrogens with two attached hydrogens (primary N) is 1. The van der Waals surface area contributed by atoms with E-state index in [2.05, 4.69) is 21.9 Å². The molecule has 108 valence electrons. The molecule has 20 heavy (non-hydrogen) atoms. The van der Waals surface area contributed by atoms with Crippen molar-refractivity contribution in [3.05, 3.63) is 47.5 Å². The largest absolute Gasteiger partial charge is 0.334 e. The molecule has 0 saturated carbocycles. The number of nitrogens with one attached hydrogen (secondary N) is 1. The maximum atomic E-state index is 5.99. The van der Waals surface area contributed by atoms with E-state index in [1.165, 1.54) is 0 Å². The van der Waals surface area contributed by atoms with Crippen LogP contribution in [0.4, 0.5) is 0 Å². The Balaban J connectivity index is 2.03. The van der Waals surface area contributed by atoms with Crippen molar-refractivity contribution in [2.75, 3.05) is 5.75 Å². The van der Waals surface area contributed by atoms with Crippen LogP contribution in [0.5, 0.6) is 0 Å². The summed E-state index contributed by atoms with van der Waals surface area (Å²) in [6.45, 7) is 3.10. The van der Waals surface area contributed by atoms with E-state index >= 15 is 0 Å². The van der Waals surface area contributed by atoms with Crippen LogP contribution in [0.15, 0.2) is 41.6 Å². The lowest BCUT2D eigenvalue weighted by atomic mass is 10.3. The molecule has 0 spiro atoms. The number of hydrogen-bond acceptors (Lipinski definition) is 4. The van der Waals surface area contributed by atoms with Gasteiger partial charge in [0.1, 0.15) is 5.82 Å². The van der Waals surface area contributed by atoms with Crippen molar-refractivity contribution in [1.82, 2.24) is 15.0 Å². The molecule has 1 heterocycles. The lowest BCUT2D eigenvalue weighted by Gasteiger charge is -2.17. The molecule has 1 unspecified atom stereocenters.